The molecule has 0 saturated carbocycles. The Morgan fingerprint density at radius 1 is 1.50 bits per heavy atom. The van der Waals surface area contributed by atoms with Crippen molar-refractivity contribution in [2.24, 2.45) is 5.73 Å². The van der Waals surface area contributed by atoms with Gasteiger partial charge in [-0.05, 0) is 47.0 Å². The van der Waals surface area contributed by atoms with Crippen LogP contribution in [0.15, 0.2) is 22.7 Å². The van der Waals surface area contributed by atoms with E-state index in [1.54, 1.807) is 12.1 Å². The molecule has 0 heterocycles. The molecule has 0 bridgehead atoms. The number of phenolic OH excluding ortho intramolecular Hbond substituents is 1. The van der Waals surface area contributed by atoms with Crippen molar-refractivity contribution < 1.29 is 10.2 Å². The van der Waals surface area contributed by atoms with Crippen LogP contribution in [0.3, 0.4) is 0 Å². The van der Waals surface area contributed by atoms with Crippen molar-refractivity contribution in [2.45, 2.75) is 18.9 Å². The highest BCUT2D eigenvalue weighted by atomic mass is 79.9. The minimum Gasteiger partial charge on any atom is -0.507 e. The number of rotatable bonds is 3. The molecule has 0 unspecified atom stereocenters. The minimum atomic E-state index is -0.604. The Bertz CT molecular complexity index is 326. The second-order valence-electron chi connectivity index (χ2n) is 3.56. The van der Waals surface area contributed by atoms with Gasteiger partial charge in [-0.25, -0.2) is 0 Å². The summed E-state index contributed by atoms with van der Waals surface area (Å²) in [6, 6.07) is 5.19. The molecule has 0 fully saturated rings. The first-order chi connectivity index (χ1) is 6.47. The fourth-order valence-electron chi connectivity index (χ4n) is 1.24. The van der Waals surface area contributed by atoms with Crippen LogP contribution in [-0.4, -0.2) is 16.8 Å². The maximum absolute atomic E-state index is 9.47. The van der Waals surface area contributed by atoms with Gasteiger partial charge in [0.05, 0.1) is 4.47 Å². The molecule has 0 saturated heterocycles. The average molecular weight is 260 g/mol. The smallest absolute Gasteiger partial charge is 0.130 e. The van der Waals surface area contributed by atoms with E-state index < -0.39 is 5.54 Å². The van der Waals surface area contributed by atoms with Crippen molar-refractivity contribution in [3.05, 3.63) is 28.2 Å². The Balaban J connectivity index is 3.01. The highest BCUT2D eigenvalue weighted by Gasteiger charge is 2.21. The lowest BCUT2D eigenvalue weighted by Crippen LogP contribution is -2.33. The molecule has 0 aliphatic rings. The first-order valence-corrected chi connectivity index (χ1v) is 5.15. The second-order valence-corrected chi connectivity index (χ2v) is 4.41. The molecule has 0 spiro atoms. The summed E-state index contributed by atoms with van der Waals surface area (Å²) < 4.78 is 0.640. The topological polar surface area (TPSA) is 66.5 Å². The molecule has 0 aromatic heterocycles. The average Bonchev–Trinajstić information content (AvgIpc) is 2.09. The number of phenols is 1. The van der Waals surface area contributed by atoms with Crippen molar-refractivity contribution in [3.8, 4) is 5.75 Å². The Hall–Kier alpha value is -0.580. The van der Waals surface area contributed by atoms with Gasteiger partial charge in [0.15, 0.2) is 0 Å². The molecule has 4 heteroatoms. The minimum absolute atomic E-state index is 0.0316. The van der Waals surface area contributed by atoms with E-state index in [4.69, 9.17) is 10.8 Å². The number of aliphatic hydroxyl groups excluding tert-OH is 1. The Kier molecular flexibility index (Phi) is 3.53. The maximum Gasteiger partial charge on any atom is 0.130 e. The van der Waals surface area contributed by atoms with E-state index in [0.717, 1.165) is 5.56 Å². The zero-order chi connectivity index (χ0) is 10.8. The van der Waals surface area contributed by atoms with Crippen LogP contribution in [0.1, 0.15) is 18.9 Å². The highest BCUT2D eigenvalue weighted by molar-refractivity contribution is 9.10. The number of nitrogens with two attached hydrogens (primary N) is 1. The van der Waals surface area contributed by atoms with Gasteiger partial charge in [-0.2, -0.15) is 0 Å². The van der Waals surface area contributed by atoms with Gasteiger partial charge in [0.2, 0.25) is 0 Å². The lowest BCUT2D eigenvalue weighted by molar-refractivity contribution is 0.247. The third-order valence-electron chi connectivity index (χ3n) is 2.24. The fourth-order valence-corrected chi connectivity index (χ4v) is 1.49. The van der Waals surface area contributed by atoms with E-state index in [1.807, 2.05) is 13.0 Å². The van der Waals surface area contributed by atoms with Crippen LogP contribution in [0.2, 0.25) is 0 Å². The van der Waals surface area contributed by atoms with Crippen LogP contribution < -0.4 is 5.73 Å². The largest absolute Gasteiger partial charge is 0.507 e. The van der Waals surface area contributed by atoms with Gasteiger partial charge in [-0.3, -0.25) is 0 Å². The summed E-state index contributed by atoms with van der Waals surface area (Å²) in [5, 5.41) is 18.3. The summed E-state index contributed by atoms with van der Waals surface area (Å²) in [5.41, 5.74) is 6.19. The van der Waals surface area contributed by atoms with Gasteiger partial charge in [-0.1, -0.05) is 6.07 Å². The van der Waals surface area contributed by atoms with Crippen molar-refractivity contribution in [2.75, 3.05) is 6.61 Å². The van der Waals surface area contributed by atoms with Crippen molar-refractivity contribution in [3.63, 3.8) is 0 Å². The molecular weight excluding hydrogens is 246 g/mol. The van der Waals surface area contributed by atoms with E-state index >= 15 is 0 Å². The summed E-state index contributed by atoms with van der Waals surface area (Å²) in [5.74, 6) is 0.164. The Labute approximate surface area is 91.7 Å². The number of hydrogen-bond acceptors (Lipinski definition) is 3. The summed E-state index contributed by atoms with van der Waals surface area (Å²) in [7, 11) is 0. The summed E-state index contributed by atoms with van der Waals surface area (Å²) >= 11 is 3.19. The van der Waals surface area contributed by atoms with Gasteiger partial charge in [-0.15, -0.1) is 0 Å². The summed E-state index contributed by atoms with van der Waals surface area (Å²) in [4.78, 5) is 0. The molecule has 1 aromatic rings. The molecule has 14 heavy (non-hydrogen) atoms. The van der Waals surface area contributed by atoms with E-state index in [-0.39, 0.29) is 12.4 Å². The normalized spacial score (nSPS) is 15.1. The van der Waals surface area contributed by atoms with Crippen LogP contribution in [0.25, 0.3) is 0 Å². The molecule has 0 aliphatic carbocycles. The Morgan fingerprint density at radius 3 is 2.64 bits per heavy atom. The highest BCUT2D eigenvalue weighted by Crippen LogP contribution is 2.29. The molecule has 1 aromatic carbocycles. The molecule has 0 amide bonds. The zero-order valence-corrected chi connectivity index (χ0v) is 9.58. The lowest BCUT2D eigenvalue weighted by atomic mass is 9.90. The number of halogens is 1. The third kappa shape index (κ3) is 2.47. The fraction of sp³-hybridized carbons (Fsp3) is 0.400. The van der Waals surface area contributed by atoms with Gasteiger partial charge >= 0.3 is 0 Å². The molecular formula is C10H14BrNO2. The first-order valence-electron chi connectivity index (χ1n) is 4.36. The van der Waals surface area contributed by atoms with Crippen LogP contribution in [0.4, 0.5) is 0 Å². The number of benzene rings is 1. The van der Waals surface area contributed by atoms with Crippen molar-refractivity contribution >= 4 is 15.9 Å². The number of aromatic hydroxyl groups is 1. The SMILES string of the molecule is C[C@@](N)(CCO)c1ccc(Br)c(O)c1. The molecule has 0 aliphatic heterocycles. The van der Waals surface area contributed by atoms with E-state index in [0.29, 0.717) is 10.9 Å². The maximum atomic E-state index is 9.47. The second kappa shape index (κ2) is 4.29. The van der Waals surface area contributed by atoms with E-state index in [2.05, 4.69) is 15.9 Å². The van der Waals surface area contributed by atoms with Crippen molar-refractivity contribution in [1.29, 1.82) is 0 Å². The van der Waals surface area contributed by atoms with Crippen LogP contribution in [0, 0.1) is 0 Å². The van der Waals surface area contributed by atoms with E-state index in [1.165, 1.54) is 0 Å². The Morgan fingerprint density at radius 2 is 2.14 bits per heavy atom. The number of hydrogen-bond donors (Lipinski definition) is 3. The molecule has 1 rings (SSSR count). The molecule has 0 radical (unpaired) electrons. The van der Waals surface area contributed by atoms with Crippen LogP contribution in [0.5, 0.6) is 5.75 Å². The first kappa shape index (κ1) is 11.5. The molecule has 4 N–H and O–H groups in total. The summed E-state index contributed by atoms with van der Waals surface area (Å²) in [6.07, 6.45) is 0.466. The van der Waals surface area contributed by atoms with Crippen LogP contribution in [-0.2, 0) is 5.54 Å². The lowest BCUT2D eigenvalue weighted by Gasteiger charge is -2.24. The van der Waals surface area contributed by atoms with Crippen molar-refractivity contribution in [1.82, 2.24) is 0 Å². The molecule has 3 nitrogen and oxygen atoms in total. The molecule has 78 valence electrons. The van der Waals surface area contributed by atoms with Gasteiger partial charge in [0.1, 0.15) is 5.75 Å². The van der Waals surface area contributed by atoms with Gasteiger partial charge < -0.3 is 15.9 Å². The standard InChI is InChI=1S/C10H14BrNO2/c1-10(12,4-5-13)7-2-3-8(11)9(14)6-7/h2-3,6,13-14H,4-5,12H2,1H3/t10-/m1/s1. The predicted molar refractivity (Wildman–Crippen MR) is 59.0 cm³/mol. The number of aliphatic hydroxyl groups is 1. The van der Waals surface area contributed by atoms with E-state index in [9.17, 15) is 5.11 Å². The van der Waals surface area contributed by atoms with Crippen LogP contribution >= 0.6 is 15.9 Å². The quantitative estimate of drug-likeness (QED) is 0.775. The van der Waals surface area contributed by atoms with Gasteiger partial charge in [0, 0.05) is 12.1 Å². The third-order valence-corrected chi connectivity index (χ3v) is 2.91. The summed E-state index contributed by atoms with van der Waals surface area (Å²) in [6.45, 7) is 1.86. The van der Waals surface area contributed by atoms with Gasteiger partial charge in [0.25, 0.3) is 0 Å². The monoisotopic (exact) mass is 259 g/mol. The predicted octanol–water partition coefficient (Wildman–Crippen LogP) is 1.71. The molecule has 1 atom stereocenters. The zero-order valence-electron chi connectivity index (χ0n) is 8.00.